The second-order valence-corrected chi connectivity index (χ2v) is 5.63. The van der Waals surface area contributed by atoms with Gasteiger partial charge in [-0.25, -0.2) is 4.90 Å². The van der Waals surface area contributed by atoms with Crippen LogP contribution in [-0.2, 0) is 14.4 Å². The lowest BCUT2D eigenvalue weighted by molar-refractivity contribution is -0.134. The summed E-state index contributed by atoms with van der Waals surface area (Å²) in [7, 11) is 0. The van der Waals surface area contributed by atoms with Crippen LogP contribution in [0, 0.1) is 6.92 Å². The van der Waals surface area contributed by atoms with E-state index in [1.54, 1.807) is 6.92 Å². The first kappa shape index (κ1) is 14.4. The Balaban J connectivity index is 2.22. The fourth-order valence-corrected chi connectivity index (χ4v) is 2.90. The van der Waals surface area contributed by atoms with Gasteiger partial charge in [0.05, 0.1) is 16.7 Å². The summed E-state index contributed by atoms with van der Waals surface area (Å²) in [6, 6.07) is 4.37. The zero-order valence-corrected chi connectivity index (χ0v) is 11.5. The van der Waals surface area contributed by atoms with Crippen molar-refractivity contribution >= 4 is 35.2 Å². The predicted molar refractivity (Wildman–Crippen MR) is 73.8 cm³/mol. The fraction of sp³-hybridized carbons (Fsp3) is 0.308. The van der Waals surface area contributed by atoms with Crippen molar-refractivity contribution in [2.75, 3.05) is 10.7 Å². The molecular weight excluding hydrogens is 282 g/mol. The highest BCUT2D eigenvalue weighted by atomic mass is 32.2. The molecule has 1 aromatic rings. The lowest BCUT2D eigenvalue weighted by Crippen LogP contribution is -2.31. The maximum atomic E-state index is 12.2. The lowest BCUT2D eigenvalue weighted by atomic mass is 10.1. The number of thioether (sulfide) groups is 1. The molecule has 6 nitrogen and oxygen atoms in total. The number of phenols is 1. The van der Waals surface area contributed by atoms with Crippen LogP contribution in [0.5, 0.6) is 5.75 Å². The highest BCUT2D eigenvalue weighted by Crippen LogP contribution is 2.32. The maximum Gasteiger partial charge on any atom is 0.313 e. The van der Waals surface area contributed by atoms with Crippen molar-refractivity contribution in [1.82, 2.24) is 0 Å². The highest BCUT2D eigenvalue weighted by molar-refractivity contribution is 8.01. The van der Waals surface area contributed by atoms with Crippen molar-refractivity contribution in [3.05, 3.63) is 23.8 Å². The van der Waals surface area contributed by atoms with Crippen LogP contribution >= 0.6 is 11.8 Å². The molecular formula is C13H13NO5S. The van der Waals surface area contributed by atoms with Crippen LogP contribution in [0.25, 0.3) is 0 Å². The molecule has 2 rings (SSSR count). The molecule has 0 saturated carbocycles. The summed E-state index contributed by atoms with van der Waals surface area (Å²) in [6.45, 7) is 1.69. The molecule has 1 unspecified atom stereocenters. The molecule has 106 valence electrons. The van der Waals surface area contributed by atoms with Crippen LogP contribution in [0.4, 0.5) is 5.69 Å². The van der Waals surface area contributed by atoms with E-state index >= 15 is 0 Å². The van der Waals surface area contributed by atoms with Crippen LogP contribution in [0.2, 0.25) is 0 Å². The standard InChI is InChI=1S/C13H13NO5S/c1-7-4-8(15)2-3-9(7)14-11(16)5-10(13(14)19)20-6-12(17)18/h2-4,10,15H,5-6H2,1H3,(H,17,18). The number of hydrogen-bond acceptors (Lipinski definition) is 5. The number of aromatic hydroxyl groups is 1. The average molecular weight is 295 g/mol. The number of carboxylic acid groups (broad SMARTS) is 1. The number of hydrogen-bond donors (Lipinski definition) is 2. The van der Waals surface area contributed by atoms with E-state index in [1.807, 2.05) is 0 Å². The first-order chi connectivity index (χ1) is 9.40. The summed E-state index contributed by atoms with van der Waals surface area (Å²) in [5.74, 6) is -1.94. The van der Waals surface area contributed by atoms with Gasteiger partial charge in [-0.1, -0.05) is 0 Å². The molecule has 0 radical (unpaired) electrons. The Morgan fingerprint density at radius 2 is 2.15 bits per heavy atom. The van der Waals surface area contributed by atoms with E-state index in [4.69, 9.17) is 5.11 Å². The number of rotatable bonds is 4. The van der Waals surface area contributed by atoms with E-state index in [1.165, 1.54) is 18.2 Å². The molecule has 1 aromatic carbocycles. The van der Waals surface area contributed by atoms with Gasteiger partial charge in [-0.2, -0.15) is 0 Å². The number of imide groups is 1. The van der Waals surface area contributed by atoms with E-state index in [0.29, 0.717) is 11.3 Å². The van der Waals surface area contributed by atoms with E-state index in [9.17, 15) is 19.5 Å². The monoisotopic (exact) mass is 295 g/mol. The Bertz CT molecular complexity index is 586. The summed E-state index contributed by atoms with van der Waals surface area (Å²) in [5, 5.41) is 17.3. The second kappa shape index (κ2) is 5.54. The number of carbonyl (C=O) groups excluding carboxylic acids is 2. The maximum absolute atomic E-state index is 12.2. The lowest BCUT2D eigenvalue weighted by Gasteiger charge is -2.17. The number of aryl methyl sites for hydroxylation is 1. The molecule has 2 amide bonds. The van der Waals surface area contributed by atoms with Crippen molar-refractivity contribution < 1.29 is 24.6 Å². The number of anilines is 1. The van der Waals surface area contributed by atoms with E-state index in [2.05, 4.69) is 0 Å². The number of aliphatic carboxylic acids is 1. The number of phenolic OH excluding ortho intramolecular Hbond substituents is 1. The summed E-state index contributed by atoms with van der Waals surface area (Å²) >= 11 is 0.950. The van der Waals surface area contributed by atoms with Gasteiger partial charge in [0.1, 0.15) is 5.75 Å². The van der Waals surface area contributed by atoms with Crippen LogP contribution < -0.4 is 4.90 Å². The average Bonchev–Trinajstić information content (AvgIpc) is 2.63. The van der Waals surface area contributed by atoms with Crippen LogP contribution in [0.1, 0.15) is 12.0 Å². The third-order valence-electron chi connectivity index (χ3n) is 2.93. The largest absolute Gasteiger partial charge is 0.508 e. The minimum Gasteiger partial charge on any atom is -0.508 e. The quantitative estimate of drug-likeness (QED) is 0.809. The summed E-state index contributed by atoms with van der Waals surface area (Å²) < 4.78 is 0. The predicted octanol–water partition coefficient (Wildman–Crippen LogP) is 1.15. The van der Waals surface area contributed by atoms with E-state index in [-0.39, 0.29) is 23.8 Å². The Morgan fingerprint density at radius 1 is 1.45 bits per heavy atom. The zero-order chi connectivity index (χ0) is 14.9. The van der Waals surface area contributed by atoms with Gasteiger partial charge in [0.25, 0.3) is 0 Å². The number of benzene rings is 1. The molecule has 1 aliphatic heterocycles. The summed E-state index contributed by atoms with van der Waals surface area (Å²) in [6.07, 6.45) is -0.00288. The number of carboxylic acids is 1. The minimum atomic E-state index is -1.02. The Kier molecular flexibility index (Phi) is 3.99. The first-order valence-electron chi connectivity index (χ1n) is 5.90. The number of carbonyl (C=O) groups is 3. The molecule has 20 heavy (non-hydrogen) atoms. The molecule has 0 aliphatic carbocycles. The van der Waals surface area contributed by atoms with Gasteiger partial charge in [0.2, 0.25) is 11.8 Å². The van der Waals surface area contributed by atoms with Crippen LogP contribution in [-0.4, -0.2) is 39.0 Å². The minimum absolute atomic E-state index is 0.00288. The van der Waals surface area contributed by atoms with Gasteiger partial charge in [-0.3, -0.25) is 14.4 Å². The third kappa shape index (κ3) is 2.77. The molecule has 1 heterocycles. The second-order valence-electron chi connectivity index (χ2n) is 4.44. The van der Waals surface area contributed by atoms with E-state index < -0.39 is 17.1 Å². The highest BCUT2D eigenvalue weighted by Gasteiger charge is 2.40. The SMILES string of the molecule is Cc1cc(O)ccc1N1C(=O)CC(SCC(=O)O)C1=O. The van der Waals surface area contributed by atoms with Gasteiger partial charge in [-0.15, -0.1) is 11.8 Å². The Hall–Kier alpha value is -2.02. The van der Waals surface area contributed by atoms with Gasteiger partial charge >= 0.3 is 5.97 Å². The topological polar surface area (TPSA) is 94.9 Å². The first-order valence-corrected chi connectivity index (χ1v) is 6.95. The zero-order valence-electron chi connectivity index (χ0n) is 10.7. The van der Waals surface area contributed by atoms with Gasteiger partial charge in [-0.05, 0) is 30.7 Å². The number of amides is 2. The van der Waals surface area contributed by atoms with Crippen LogP contribution in [0.15, 0.2) is 18.2 Å². The van der Waals surface area contributed by atoms with Crippen LogP contribution in [0.3, 0.4) is 0 Å². The van der Waals surface area contributed by atoms with Crippen molar-refractivity contribution in [2.24, 2.45) is 0 Å². The van der Waals surface area contributed by atoms with Gasteiger partial charge in [0.15, 0.2) is 0 Å². The molecule has 1 saturated heterocycles. The molecule has 7 heteroatoms. The summed E-state index contributed by atoms with van der Waals surface area (Å²) in [5.41, 5.74) is 1.03. The molecule has 0 bridgehead atoms. The number of nitrogens with zero attached hydrogens (tertiary/aromatic N) is 1. The van der Waals surface area contributed by atoms with Crippen molar-refractivity contribution in [1.29, 1.82) is 0 Å². The molecule has 0 spiro atoms. The molecule has 2 N–H and O–H groups in total. The Morgan fingerprint density at radius 3 is 2.75 bits per heavy atom. The van der Waals surface area contributed by atoms with E-state index in [0.717, 1.165) is 16.7 Å². The smallest absolute Gasteiger partial charge is 0.313 e. The van der Waals surface area contributed by atoms with Crippen molar-refractivity contribution in [3.8, 4) is 5.75 Å². The normalized spacial score (nSPS) is 18.6. The fourth-order valence-electron chi connectivity index (χ4n) is 2.05. The van der Waals surface area contributed by atoms with Gasteiger partial charge in [0, 0.05) is 6.42 Å². The van der Waals surface area contributed by atoms with Crippen molar-refractivity contribution in [3.63, 3.8) is 0 Å². The third-order valence-corrected chi connectivity index (χ3v) is 4.12. The van der Waals surface area contributed by atoms with Gasteiger partial charge < -0.3 is 10.2 Å². The molecule has 1 aliphatic rings. The summed E-state index contributed by atoms with van der Waals surface area (Å²) in [4.78, 5) is 35.7. The molecule has 1 fully saturated rings. The molecule has 0 aromatic heterocycles. The molecule has 1 atom stereocenters. The van der Waals surface area contributed by atoms with Crippen molar-refractivity contribution in [2.45, 2.75) is 18.6 Å². The Labute approximate surface area is 119 Å².